The number of fused-ring (bicyclic) bond motifs is 2. The molecule has 4 amide bonds. The molecule has 8 atom stereocenters. The Morgan fingerprint density at radius 2 is 1.86 bits per heavy atom. The van der Waals surface area contributed by atoms with E-state index in [2.05, 4.69) is 10.6 Å². The number of nitrogens with one attached hydrogen (secondary N) is 3. The maximum Gasteiger partial charge on any atom is 0.471 e. The summed E-state index contributed by atoms with van der Waals surface area (Å²) in [5, 5.41) is 17.0. The summed E-state index contributed by atoms with van der Waals surface area (Å²) in [6, 6.07) is -1.29. The molecule has 198 valence electrons. The number of piperidine rings is 2. The number of hydrogen-bond donors (Lipinski definition) is 3. The van der Waals surface area contributed by atoms with Gasteiger partial charge >= 0.3 is 12.1 Å². The first kappa shape index (κ1) is 26.2. The molecule has 4 rings (SSSR count). The highest BCUT2D eigenvalue weighted by atomic mass is 19.4. The van der Waals surface area contributed by atoms with Crippen LogP contribution in [0.25, 0.3) is 0 Å². The van der Waals surface area contributed by atoms with Gasteiger partial charge in [0.25, 0.3) is 0 Å². The lowest BCUT2D eigenvalue weighted by Gasteiger charge is -2.37. The van der Waals surface area contributed by atoms with Gasteiger partial charge in [-0.1, -0.05) is 34.6 Å². The van der Waals surface area contributed by atoms with Crippen LogP contribution in [0.1, 0.15) is 47.5 Å². The Morgan fingerprint density at radius 1 is 1.22 bits per heavy atom. The van der Waals surface area contributed by atoms with Gasteiger partial charge < -0.3 is 20.9 Å². The van der Waals surface area contributed by atoms with E-state index in [9.17, 15) is 37.6 Å². The van der Waals surface area contributed by atoms with Gasteiger partial charge in [-0.2, -0.15) is 18.4 Å². The largest absolute Gasteiger partial charge is 0.471 e. The van der Waals surface area contributed by atoms with Crippen molar-refractivity contribution in [2.45, 2.75) is 77.8 Å². The number of rotatable bonds is 6. The van der Waals surface area contributed by atoms with Crippen LogP contribution in [0.5, 0.6) is 0 Å². The van der Waals surface area contributed by atoms with Crippen LogP contribution in [0.4, 0.5) is 13.2 Å². The van der Waals surface area contributed by atoms with Crippen LogP contribution in [0, 0.1) is 45.8 Å². The topological polar surface area (TPSA) is 131 Å². The van der Waals surface area contributed by atoms with E-state index in [1.807, 2.05) is 25.2 Å². The molecule has 4 aliphatic rings. The quantitative estimate of drug-likeness (QED) is 0.492. The summed E-state index contributed by atoms with van der Waals surface area (Å²) >= 11 is 0. The van der Waals surface area contributed by atoms with Gasteiger partial charge in [0.15, 0.2) is 0 Å². The minimum Gasteiger partial charge on any atom is -0.353 e. The molecule has 0 spiro atoms. The molecule has 2 unspecified atom stereocenters. The fourth-order valence-corrected chi connectivity index (χ4v) is 6.09. The predicted octanol–water partition coefficient (Wildman–Crippen LogP) is 1.10. The standard InChI is InChI=1S/C24H32F3N5O4/c1-22(2,3)17(31-21(36)24(25,26)27)20(35)32-9-13-15(23(13,4)5)16(32)19(34)29-10(8-28)6-12-11-7-14(11)30-18(12)33/h10-17H,6-7,9H2,1-5H3,(H,29,34)(H,30,33)(H,31,36)/t10-,11?,12+,13-,14?,15-,16-,17+/m0/s1. The molecular weight excluding hydrogens is 479 g/mol. The molecule has 0 bridgehead atoms. The van der Waals surface area contributed by atoms with Gasteiger partial charge in [0.1, 0.15) is 18.1 Å². The number of nitriles is 1. The average Bonchev–Trinajstić information content (AvgIpc) is 3.47. The number of carbonyl (C=O) groups excluding carboxylic acids is 4. The van der Waals surface area contributed by atoms with Crippen LogP contribution in [-0.2, 0) is 19.2 Å². The molecule has 2 heterocycles. The molecule has 2 saturated carbocycles. The van der Waals surface area contributed by atoms with Crippen molar-refractivity contribution in [2.75, 3.05) is 6.54 Å². The van der Waals surface area contributed by atoms with Crippen molar-refractivity contribution in [2.24, 2.45) is 34.5 Å². The van der Waals surface area contributed by atoms with E-state index >= 15 is 0 Å². The van der Waals surface area contributed by atoms with Gasteiger partial charge in [-0.05, 0) is 41.4 Å². The number of nitrogens with zero attached hydrogens (tertiary/aromatic N) is 2. The Morgan fingerprint density at radius 3 is 2.36 bits per heavy atom. The molecular formula is C24H32F3N5O4. The van der Waals surface area contributed by atoms with Crippen LogP contribution in [-0.4, -0.2) is 65.4 Å². The highest BCUT2D eigenvalue weighted by Crippen LogP contribution is 2.65. The molecule has 12 heteroatoms. The summed E-state index contributed by atoms with van der Waals surface area (Å²) in [6.45, 7) is 8.67. The lowest BCUT2D eigenvalue weighted by Crippen LogP contribution is -2.61. The third-order valence-electron chi connectivity index (χ3n) is 8.39. The van der Waals surface area contributed by atoms with Crippen molar-refractivity contribution in [1.82, 2.24) is 20.9 Å². The minimum absolute atomic E-state index is 0.0375. The van der Waals surface area contributed by atoms with E-state index in [0.29, 0.717) is 0 Å². The highest BCUT2D eigenvalue weighted by molar-refractivity contribution is 5.95. The first-order valence-corrected chi connectivity index (χ1v) is 12.2. The summed E-state index contributed by atoms with van der Waals surface area (Å²) in [5.74, 6) is -4.19. The highest BCUT2D eigenvalue weighted by Gasteiger charge is 2.70. The SMILES string of the molecule is CC(C)(C)[C@H](NC(=O)C(F)(F)F)C(=O)N1C[C@H]2[C@@H]([C@H]1C(=O)N[C@H](C#N)C[C@H]1C(=O)NC3CC31)C2(C)C. The molecule has 2 aliphatic heterocycles. The second-order valence-electron chi connectivity index (χ2n) is 12.2. The third-order valence-corrected chi connectivity index (χ3v) is 8.39. The number of carbonyl (C=O) groups is 4. The van der Waals surface area contributed by atoms with E-state index in [1.54, 1.807) is 0 Å². The summed E-state index contributed by atoms with van der Waals surface area (Å²) in [6.07, 6.45) is -4.16. The molecule has 36 heavy (non-hydrogen) atoms. The fraction of sp³-hybridized carbons (Fsp3) is 0.792. The predicted molar refractivity (Wildman–Crippen MR) is 119 cm³/mol. The minimum atomic E-state index is -5.16. The zero-order valence-electron chi connectivity index (χ0n) is 20.9. The van der Waals surface area contributed by atoms with Crippen LogP contribution in [0.15, 0.2) is 0 Å². The second kappa shape index (κ2) is 8.35. The molecule has 2 saturated heterocycles. The first-order chi connectivity index (χ1) is 16.5. The maximum atomic E-state index is 13.5. The average molecular weight is 512 g/mol. The Balaban J connectivity index is 1.52. The summed E-state index contributed by atoms with van der Waals surface area (Å²) in [4.78, 5) is 52.0. The Bertz CT molecular complexity index is 1030. The summed E-state index contributed by atoms with van der Waals surface area (Å²) in [7, 11) is 0. The Kier molecular flexibility index (Phi) is 6.08. The number of halogens is 3. The van der Waals surface area contributed by atoms with Crippen molar-refractivity contribution in [3.8, 4) is 6.07 Å². The van der Waals surface area contributed by atoms with Gasteiger partial charge in [0.05, 0.1) is 6.07 Å². The monoisotopic (exact) mass is 511 g/mol. The van der Waals surface area contributed by atoms with E-state index in [0.717, 1.165) is 6.42 Å². The van der Waals surface area contributed by atoms with Gasteiger partial charge in [-0.25, -0.2) is 0 Å². The normalized spacial score (nSPS) is 33.4. The molecule has 9 nitrogen and oxygen atoms in total. The van der Waals surface area contributed by atoms with E-state index < -0.39 is 47.4 Å². The van der Waals surface area contributed by atoms with E-state index in [4.69, 9.17) is 0 Å². The number of alkyl halides is 3. The van der Waals surface area contributed by atoms with Crippen LogP contribution >= 0.6 is 0 Å². The number of hydrogen-bond acceptors (Lipinski definition) is 5. The zero-order chi connectivity index (χ0) is 27.0. The number of amides is 4. The van der Waals surface area contributed by atoms with Crippen molar-refractivity contribution < 1.29 is 32.3 Å². The van der Waals surface area contributed by atoms with Crippen molar-refractivity contribution in [3.63, 3.8) is 0 Å². The van der Waals surface area contributed by atoms with Crippen LogP contribution in [0.3, 0.4) is 0 Å². The summed E-state index contributed by atoms with van der Waals surface area (Å²) in [5.41, 5.74) is -1.33. The molecule has 0 radical (unpaired) electrons. The second-order valence-corrected chi connectivity index (χ2v) is 12.2. The number of likely N-dealkylation sites (tertiary alicyclic amines) is 1. The van der Waals surface area contributed by atoms with Crippen molar-refractivity contribution in [1.29, 1.82) is 5.26 Å². The van der Waals surface area contributed by atoms with Crippen LogP contribution < -0.4 is 16.0 Å². The van der Waals surface area contributed by atoms with E-state index in [1.165, 1.54) is 25.7 Å². The van der Waals surface area contributed by atoms with Crippen molar-refractivity contribution >= 4 is 23.6 Å². The Hall–Kier alpha value is -2.84. The lowest BCUT2D eigenvalue weighted by atomic mass is 9.85. The van der Waals surface area contributed by atoms with Gasteiger partial charge in [-0.3, -0.25) is 19.2 Å². The van der Waals surface area contributed by atoms with E-state index in [-0.39, 0.29) is 54.0 Å². The Labute approximate surface area is 207 Å². The van der Waals surface area contributed by atoms with Gasteiger partial charge in [-0.15, -0.1) is 0 Å². The smallest absolute Gasteiger partial charge is 0.353 e. The molecule has 0 aromatic carbocycles. The van der Waals surface area contributed by atoms with Crippen molar-refractivity contribution in [3.05, 3.63) is 0 Å². The lowest BCUT2D eigenvalue weighted by molar-refractivity contribution is -0.176. The van der Waals surface area contributed by atoms with Gasteiger partial charge in [0, 0.05) is 18.5 Å². The fourth-order valence-electron chi connectivity index (χ4n) is 6.09. The maximum absolute atomic E-state index is 13.5. The van der Waals surface area contributed by atoms with Gasteiger partial charge in [0.2, 0.25) is 17.7 Å². The molecule has 3 N–H and O–H groups in total. The summed E-state index contributed by atoms with van der Waals surface area (Å²) < 4.78 is 38.9. The van der Waals surface area contributed by atoms with Crippen LogP contribution in [0.2, 0.25) is 0 Å². The molecule has 0 aromatic heterocycles. The molecule has 4 fully saturated rings. The molecule has 0 aromatic rings. The first-order valence-electron chi connectivity index (χ1n) is 12.2. The molecule has 2 aliphatic carbocycles. The third kappa shape index (κ3) is 4.52. The zero-order valence-corrected chi connectivity index (χ0v) is 20.9.